The lowest BCUT2D eigenvalue weighted by molar-refractivity contribution is -0.138. The predicted octanol–water partition coefficient (Wildman–Crippen LogP) is 2.91. The molecule has 1 aromatic rings. The molecule has 0 radical (unpaired) electrons. The highest BCUT2D eigenvalue weighted by molar-refractivity contribution is 9.10. The Kier molecular flexibility index (Phi) is 4.68. The van der Waals surface area contributed by atoms with Crippen LogP contribution in [0.1, 0.15) is 31.1 Å². The minimum Gasteiger partial charge on any atom is -0.480 e. The lowest BCUT2D eigenvalue weighted by Crippen LogP contribution is -2.48. The number of benzene rings is 1. The van der Waals surface area contributed by atoms with Crippen LogP contribution in [0.4, 0.5) is 4.39 Å². The van der Waals surface area contributed by atoms with Crippen LogP contribution in [0.15, 0.2) is 22.7 Å². The molecule has 0 bridgehead atoms. The van der Waals surface area contributed by atoms with Gasteiger partial charge < -0.3 is 10.0 Å². The molecule has 1 N–H and O–H groups in total. The molecule has 0 atom stereocenters. The van der Waals surface area contributed by atoms with Crippen LogP contribution < -0.4 is 0 Å². The Bertz CT molecular complexity index is 491. The molecule has 0 saturated carbocycles. The Morgan fingerprint density at radius 2 is 1.89 bits per heavy atom. The first-order valence-corrected chi connectivity index (χ1v) is 6.40. The van der Waals surface area contributed by atoms with E-state index in [2.05, 4.69) is 15.9 Å². The fourth-order valence-electron chi connectivity index (χ4n) is 1.58. The van der Waals surface area contributed by atoms with Gasteiger partial charge in [0.1, 0.15) is 12.4 Å². The van der Waals surface area contributed by atoms with Crippen molar-refractivity contribution in [2.45, 2.75) is 26.3 Å². The van der Waals surface area contributed by atoms with E-state index in [1.807, 2.05) is 0 Å². The number of amides is 1. The fraction of sp³-hybridized carbons (Fsp3) is 0.385. The summed E-state index contributed by atoms with van der Waals surface area (Å²) in [5.74, 6) is -2.18. The molecule has 1 amide bonds. The van der Waals surface area contributed by atoms with Gasteiger partial charge in [-0.2, -0.15) is 0 Å². The van der Waals surface area contributed by atoms with Crippen LogP contribution in [0.2, 0.25) is 0 Å². The number of aliphatic carboxylic acids is 1. The topological polar surface area (TPSA) is 57.6 Å². The minimum absolute atomic E-state index is 0.114. The Labute approximate surface area is 119 Å². The third-order valence-corrected chi connectivity index (χ3v) is 2.92. The van der Waals surface area contributed by atoms with E-state index in [0.29, 0.717) is 4.47 Å². The molecule has 0 aliphatic carbocycles. The van der Waals surface area contributed by atoms with Crippen molar-refractivity contribution in [3.05, 3.63) is 34.1 Å². The Morgan fingerprint density at radius 1 is 1.32 bits per heavy atom. The standard InChI is InChI=1S/C13H15BrFNO3/c1-13(2,3)16(7-11(17)18)12(19)8-4-9(14)6-10(15)5-8/h4-6H,7H2,1-3H3,(H,17,18). The van der Waals surface area contributed by atoms with E-state index in [0.717, 1.165) is 6.07 Å². The van der Waals surface area contributed by atoms with Crippen molar-refractivity contribution >= 4 is 27.8 Å². The SMILES string of the molecule is CC(C)(C)N(CC(=O)O)C(=O)c1cc(F)cc(Br)c1. The highest BCUT2D eigenvalue weighted by Crippen LogP contribution is 2.20. The average molecular weight is 332 g/mol. The molecule has 4 nitrogen and oxygen atoms in total. The van der Waals surface area contributed by atoms with Crippen molar-refractivity contribution < 1.29 is 19.1 Å². The summed E-state index contributed by atoms with van der Waals surface area (Å²) in [6.07, 6.45) is 0. The number of carboxylic acid groups (broad SMARTS) is 1. The van der Waals surface area contributed by atoms with Gasteiger partial charge >= 0.3 is 5.97 Å². The summed E-state index contributed by atoms with van der Waals surface area (Å²) in [7, 11) is 0. The number of rotatable bonds is 3. The summed E-state index contributed by atoms with van der Waals surface area (Å²) in [6, 6.07) is 3.79. The van der Waals surface area contributed by atoms with Crippen LogP contribution in [0.3, 0.4) is 0 Å². The maximum Gasteiger partial charge on any atom is 0.323 e. The molecule has 0 unspecified atom stereocenters. The van der Waals surface area contributed by atoms with Crippen LogP contribution in [0, 0.1) is 5.82 Å². The van der Waals surface area contributed by atoms with Gasteiger partial charge in [-0.1, -0.05) is 15.9 Å². The first kappa shape index (κ1) is 15.6. The molecule has 0 aliphatic heterocycles. The molecule has 0 aromatic heterocycles. The van der Waals surface area contributed by atoms with E-state index in [9.17, 15) is 14.0 Å². The van der Waals surface area contributed by atoms with E-state index in [1.54, 1.807) is 20.8 Å². The number of carbonyl (C=O) groups is 2. The number of nitrogens with zero attached hydrogens (tertiary/aromatic N) is 1. The zero-order valence-electron chi connectivity index (χ0n) is 10.9. The lowest BCUT2D eigenvalue weighted by atomic mass is 10.0. The Balaban J connectivity index is 3.15. The van der Waals surface area contributed by atoms with Crippen molar-refractivity contribution in [1.29, 1.82) is 0 Å². The van der Waals surface area contributed by atoms with Crippen LogP contribution in [0.5, 0.6) is 0 Å². The molecule has 0 aliphatic rings. The third kappa shape index (κ3) is 4.31. The molecular formula is C13H15BrFNO3. The number of carbonyl (C=O) groups excluding carboxylic acids is 1. The summed E-state index contributed by atoms with van der Waals surface area (Å²) >= 11 is 3.10. The van der Waals surface area contributed by atoms with Crippen LogP contribution >= 0.6 is 15.9 Å². The highest BCUT2D eigenvalue weighted by Gasteiger charge is 2.29. The van der Waals surface area contributed by atoms with Crippen molar-refractivity contribution in [2.24, 2.45) is 0 Å². The zero-order valence-corrected chi connectivity index (χ0v) is 12.5. The normalized spacial score (nSPS) is 11.2. The van der Waals surface area contributed by atoms with Gasteiger partial charge in [0.15, 0.2) is 0 Å². The molecule has 6 heteroatoms. The maximum absolute atomic E-state index is 13.3. The summed E-state index contributed by atoms with van der Waals surface area (Å²) in [6.45, 7) is 4.74. The van der Waals surface area contributed by atoms with Gasteiger partial charge in [-0.3, -0.25) is 9.59 Å². The van der Waals surface area contributed by atoms with Crippen molar-refractivity contribution in [1.82, 2.24) is 4.90 Å². The smallest absolute Gasteiger partial charge is 0.323 e. The van der Waals surface area contributed by atoms with E-state index >= 15 is 0 Å². The average Bonchev–Trinajstić information content (AvgIpc) is 2.21. The van der Waals surface area contributed by atoms with Gasteiger partial charge in [0.05, 0.1) is 0 Å². The second-order valence-corrected chi connectivity index (χ2v) is 6.03. The number of halogens is 2. The second kappa shape index (κ2) is 5.69. The summed E-state index contributed by atoms with van der Waals surface area (Å²) in [5.41, 5.74) is -0.558. The van der Waals surface area contributed by atoms with Crippen molar-refractivity contribution in [3.8, 4) is 0 Å². The zero-order chi connectivity index (χ0) is 14.8. The molecule has 19 heavy (non-hydrogen) atoms. The quantitative estimate of drug-likeness (QED) is 0.926. The minimum atomic E-state index is -1.11. The Morgan fingerprint density at radius 3 is 2.32 bits per heavy atom. The first-order valence-electron chi connectivity index (χ1n) is 5.61. The molecular weight excluding hydrogens is 317 g/mol. The van der Waals surface area contributed by atoms with E-state index in [1.165, 1.54) is 17.0 Å². The number of hydrogen-bond donors (Lipinski definition) is 1. The lowest BCUT2D eigenvalue weighted by Gasteiger charge is -2.34. The molecule has 0 spiro atoms. The molecule has 0 heterocycles. The van der Waals surface area contributed by atoms with E-state index in [4.69, 9.17) is 5.11 Å². The van der Waals surface area contributed by atoms with Crippen LogP contribution in [-0.4, -0.2) is 34.0 Å². The van der Waals surface area contributed by atoms with Gasteiger partial charge in [0.2, 0.25) is 0 Å². The van der Waals surface area contributed by atoms with Gasteiger partial charge in [-0.25, -0.2) is 4.39 Å². The van der Waals surface area contributed by atoms with Crippen molar-refractivity contribution in [3.63, 3.8) is 0 Å². The number of hydrogen-bond acceptors (Lipinski definition) is 2. The van der Waals surface area contributed by atoms with Crippen LogP contribution in [0.25, 0.3) is 0 Å². The monoisotopic (exact) mass is 331 g/mol. The molecule has 0 saturated heterocycles. The van der Waals surface area contributed by atoms with Gasteiger partial charge in [0, 0.05) is 15.6 Å². The summed E-state index contributed by atoms with van der Waals surface area (Å²) in [4.78, 5) is 24.3. The summed E-state index contributed by atoms with van der Waals surface area (Å²) < 4.78 is 13.7. The van der Waals surface area contributed by atoms with E-state index in [-0.39, 0.29) is 5.56 Å². The number of carboxylic acids is 1. The van der Waals surface area contributed by atoms with Gasteiger partial charge in [-0.05, 0) is 39.0 Å². The third-order valence-electron chi connectivity index (χ3n) is 2.46. The second-order valence-electron chi connectivity index (χ2n) is 5.11. The highest BCUT2D eigenvalue weighted by atomic mass is 79.9. The molecule has 104 valence electrons. The van der Waals surface area contributed by atoms with Crippen LogP contribution in [-0.2, 0) is 4.79 Å². The molecule has 1 aromatic carbocycles. The van der Waals surface area contributed by atoms with Crippen molar-refractivity contribution in [2.75, 3.05) is 6.54 Å². The van der Waals surface area contributed by atoms with Gasteiger partial charge in [0.25, 0.3) is 5.91 Å². The maximum atomic E-state index is 13.3. The first-order chi connectivity index (χ1) is 8.61. The largest absolute Gasteiger partial charge is 0.480 e. The summed E-state index contributed by atoms with van der Waals surface area (Å²) in [5, 5.41) is 8.87. The van der Waals surface area contributed by atoms with Gasteiger partial charge in [-0.15, -0.1) is 0 Å². The predicted molar refractivity (Wildman–Crippen MR) is 72.5 cm³/mol. The fourth-order valence-corrected chi connectivity index (χ4v) is 2.05. The molecule has 0 fully saturated rings. The molecule has 1 rings (SSSR count). The van der Waals surface area contributed by atoms with E-state index < -0.39 is 29.8 Å². The Hall–Kier alpha value is -1.43.